The van der Waals surface area contributed by atoms with Gasteiger partial charge in [0.1, 0.15) is 23.6 Å². The Morgan fingerprint density at radius 2 is 2.00 bits per heavy atom. The van der Waals surface area contributed by atoms with Gasteiger partial charge in [-0.15, -0.1) is 0 Å². The number of hydrogen-bond acceptors (Lipinski definition) is 5. The molecule has 2 rings (SSSR count). The van der Waals surface area contributed by atoms with E-state index in [1.807, 2.05) is 0 Å². The third-order valence-electron chi connectivity index (χ3n) is 3.25. The summed E-state index contributed by atoms with van der Waals surface area (Å²) in [5, 5.41) is 6.01. The number of aromatic nitrogens is 2. The van der Waals surface area contributed by atoms with Gasteiger partial charge < -0.3 is 15.4 Å². The van der Waals surface area contributed by atoms with Crippen LogP contribution >= 0.6 is 0 Å². The van der Waals surface area contributed by atoms with Crippen molar-refractivity contribution in [2.75, 3.05) is 17.7 Å². The zero-order valence-electron chi connectivity index (χ0n) is 13.0. The van der Waals surface area contributed by atoms with Gasteiger partial charge in [0.15, 0.2) is 0 Å². The molecule has 1 aromatic heterocycles. The molecule has 2 aromatic rings. The van der Waals surface area contributed by atoms with Crippen molar-refractivity contribution < 1.29 is 9.53 Å². The van der Waals surface area contributed by atoms with Crippen molar-refractivity contribution in [3.63, 3.8) is 0 Å². The van der Waals surface area contributed by atoms with Gasteiger partial charge in [0, 0.05) is 17.8 Å². The molecular formula is C16H20N4O2. The molecule has 1 atom stereocenters. The van der Waals surface area contributed by atoms with E-state index in [2.05, 4.69) is 34.4 Å². The van der Waals surface area contributed by atoms with E-state index in [-0.39, 0.29) is 11.9 Å². The van der Waals surface area contributed by atoms with Crippen molar-refractivity contribution in [2.24, 2.45) is 0 Å². The molecule has 0 aliphatic rings. The van der Waals surface area contributed by atoms with E-state index in [0.29, 0.717) is 17.2 Å². The first-order chi connectivity index (χ1) is 10.6. The Labute approximate surface area is 129 Å². The zero-order valence-corrected chi connectivity index (χ0v) is 13.0. The summed E-state index contributed by atoms with van der Waals surface area (Å²) in [6, 6.07) is 9.04. The number of carbonyl (C=O) groups is 1. The molecule has 1 heterocycles. The number of methoxy groups -OCH3 is 1. The van der Waals surface area contributed by atoms with Crippen molar-refractivity contribution in [3.8, 4) is 5.75 Å². The standard InChI is InChI=1S/C16H20N4O2/c1-4-11(2)19-15-9-14(17-10-18-15)16(21)20-12-5-7-13(22-3)8-6-12/h5-11H,4H2,1-3H3,(H,20,21)(H,17,18,19). The number of carbonyl (C=O) groups excluding carboxylic acids is 1. The number of amides is 1. The highest BCUT2D eigenvalue weighted by Crippen LogP contribution is 2.16. The number of benzene rings is 1. The predicted molar refractivity (Wildman–Crippen MR) is 86.4 cm³/mol. The second kappa shape index (κ2) is 7.40. The molecule has 116 valence electrons. The van der Waals surface area contributed by atoms with E-state index in [4.69, 9.17) is 4.74 Å². The van der Waals surface area contributed by atoms with Gasteiger partial charge in [0.05, 0.1) is 7.11 Å². The lowest BCUT2D eigenvalue weighted by Crippen LogP contribution is -2.17. The van der Waals surface area contributed by atoms with Crippen molar-refractivity contribution in [1.29, 1.82) is 0 Å². The van der Waals surface area contributed by atoms with Gasteiger partial charge in [0.2, 0.25) is 0 Å². The molecule has 1 unspecified atom stereocenters. The highest BCUT2D eigenvalue weighted by atomic mass is 16.5. The maximum atomic E-state index is 12.2. The van der Waals surface area contributed by atoms with Crippen LogP contribution in [0.15, 0.2) is 36.7 Å². The third-order valence-corrected chi connectivity index (χ3v) is 3.25. The number of anilines is 2. The van der Waals surface area contributed by atoms with E-state index < -0.39 is 0 Å². The second-order valence-electron chi connectivity index (χ2n) is 4.92. The molecule has 6 heteroatoms. The summed E-state index contributed by atoms with van der Waals surface area (Å²) in [6.07, 6.45) is 2.35. The normalized spacial score (nSPS) is 11.6. The van der Waals surface area contributed by atoms with Crippen LogP contribution in [0.25, 0.3) is 0 Å². The second-order valence-corrected chi connectivity index (χ2v) is 4.92. The Morgan fingerprint density at radius 1 is 1.27 bits per heavy atom. The van der Waals surface area contributed by atoms with Gasteiger partial charge in [-0.1, -0.05) is 6.92 Å². The molecule has 22 heavy (non-hydrogen) atoms. The van der Waals surface area contributed by atoms with E-state index >= 15 is 0 Å². The molecule has 0 bridgehead atoms. The van der Waals surface area contributed by atoms with E-state index in [0.717, 1.165) is 12.2 Å². The quantitative estimate of drug-likeness (QED) is 0.857. The summed E-state index contributed by atoms with van der Waals surface area (Å²) in [6.45, 7) is 4.13. The van der Waals surface area contributed by atoms with Crippen LogP contribution in [0.4, 0.5) is 11.5 Å². The molecule has 0 saturated carbocycles. The molecule has 0 spiro atoms. The van der Waals surface area contributed by atoms with E-state index in [1.165, 1.54) is 6.33 Å². The van der Waals surface area contributed by atoms with Gasteiger partial charge in [0.25, 0.3) is 5.91 Å². The maximum absolute atomic E-state index is 12.2. The first-order valence-corrected chi connectivity index (χ1v) is 7.16. The number of hydrogen-bond donors (Lipinski definition) is 2. The first kappa shape index (κ1) is 15.8. The van der Waals surface area contributed by atoms with Crippen molar-refractivity contribution in [1.82, 2.24) is 9.97 Å². The minimum atomic E-state index is -0.278. The smallest absolute Gasteiger partial charge is 0.274 e. The third kappa shape index (κ3) is 4.18. The lowest BCUT2D eigenvalue weighted by Gasteiger charge is -2.12. The van der Waals surface area contributed by atoms with Crippen LogP contribution < -0.4 is 15.4 Å². The summed E-state index contributed by atoms with van der Waals surface area (Å²) in [7, 11) is 1.60. The number of ether oxygens (including phenoxy) is 1. The maximum Gasteiger partial charge on any atom is 0.274 e. The van der Waals surface area contributed by atoms with Crippen LogP contribution in [0, 0.1) is 0 Å². The van der Waals surface area contributed by atoms with Crippen LogP contribution in [0.1, 0.15) is 30.8 Å². The Hall–Kier alpha value is -2.63. The fraction of sp³-hybridized carbons (Fsp3) is 0.312. The predicted octanol–water partition coefficient (Wildman–Crippen LogP) is 2.95. The topological polar surface area (TPSA) is 76.1 Å². The summed E-state index contributed by atoms with van der Waals surface area (Å²) in [5.41, 5.74) is 0.998. The zero-order chi connectivity index (χ0) is 15.9. The summed E-state index contributed by atoms with van der Waals surface area (Å²) in [4.78, 5) is 20.4. The Kier molecular flexibility index (Phi) is 5.30. The lowest BCUT2D eigenvalue weighted by atomic mass is 10.2. The van der Waals surface area contributed by atoms with Gasteiger partial charge in [-0.2, -0.15) is 0 Å². The highest BCUT2D eigenvalue weighted by molar-refractivity contribution is 6.03. The molecular weight excluding hydrogens is 280 g/mol. The van der Waals surface area contributed by atoms with Crippen LogP contribution in [0.3, 0.4) is 0 Å². The minimum Gasteiger partial charge on any atom is -0.497 e. The summed E-state index contributed by atoms with van der Waals surface area (Å²) < 4.78 is 5.08. The van der Waals surface area contributed by atoms with Gasteiger partial charge in [-0.25, -0.2) is 9.97 Å². The van der Waals surface area contributed by atoms with E-state index in [1.54, 1.807) is 37.4 Å². The Morgan fingerprint density at radius 3 is 2.64 bits per heavy atom. The van der Waals surface area contributed by atoms with E-state index in [9.17, 15) is 4.79 Å². The van der Waals surface area contributed by atoms with Crippen LogP contribution in [-0.4, -0.2) is 29.0 Å². The summed E-state index contributed by atoms with van der Waals surface area (Å²) in [5.74, 6) is 1.10. The lowest BCUT2D eigenvalue weighted by molar-refractivity contribution is 0.102. The Balaban J connectivity index is 2.06. The molecule has 0 saturated heterocycles. The van der Waals surface area contributed by atoms with Crippen molar-refractivity contribution >= 4 is 17.4 Å². The molecule has 0 aliphatic carbocycles. The summed E-state index contributed by atoms with van der Waals surface area (Å²) >= 11 is 0. The minimum absolute atomic E-state index is 0.278. The first-order valence-electron chi connectivity index (χ1n) is 7.16. The van der Waals surface area contributed by atoms with Crippen LogP contribution in [-0.2, 0) is 0 Å². The number of nitrogens with one attached hydrogen (secondary N) is 2. The molecule has 0 fully saturated rings. The Bertz CT molecular complexity index is 628. The van der Waals surface area contributed by atoms with Crippen LogP contribution in [0.5, 0.6) is 5.75 Å². The number of nitrogens with zero attached hydrogens (tertiary/aromatic N) is 2. The average molecular weight is 300 g/mol. The molecule has 1 amide bonds. The van der Waals surface area contributed by atoms with Gasteiger partial charge in [-0.3, -0.25) is 4.79 Å². The fourth-order valence-electron chi connectivity index (χ4n) is 1.78. The van der Waals surface area contributed by atoms with Crippen molar-refractivity contribution in [2.45, 2.75) is 26.3 Å². The molecule has 0 aliphatic heterocycles. The monoisotopic (exact) mass is 300 g/mol. The van der Waals surface area contributed by atoms with Crippen LogP contribution in [0.2, 0.25) is 0 Å². The van der Waals surface area contributed by atoms with Gasteiger partial charge >= 0.3 is 0 Å². The molecule has 1 aromatic carbocycles. The fourth-order valence-corrected chi connectivity index (χ4v) is 1.78. The largest absolute Gasteiger partial charge is 0.497 e. The SMILES string of the molecule is CCC(C)Nc1cc(C(=O)Nc2ccc(OC)cc2)ncn1. The molecule has 0 radical (unpaired) electrons. The average Bonchev–Trinajstić information content (AvgIpc) is 2.55. The van der Waals surface area contributed by atoms with Gasteiger partial charge in [-0.05, 0) is 37.6 Å². The molecule has 2 N–H and O–H groups in total. The molecule has 6 nitrogen and oxygen atoms in total. The van der Waals surface area contributed by atoms with Crippen molar-refractivity contribution in [3.05, 3.63) is 42.4 Å². The highest BCUT2D eigenvalue weighted by Gasteiger charge is 2.10. The number of rotatable bonds is 6.